The first-order valence-corrected chi connectivity index (χ1v) is 9.85. The second-order valence-corrected chi connectivity index (χ2v) is 8.17. The molecule has 3 atom stereocenters. The molecule has 5 rings (SSSR count). The van der Waals surface area contributed by atoms with E-state index < -0.39 is 0 Å². The molecule has 2 saturated heterocycles. The number of rotatable bonds is 2. The van der Waals surface area contributed by atoms with Crippen LogP contribution in [-0.2, 0) is 10.2 Å². The van der Waals surface area contributed by atoms with E-state index in [1.54, 1.807) is 11.0 Å². The topological polar surface area (TPSA) is 76.9 Å². The number of hydrogen-bond donors (Lipinski definition) is 2. The van der Waals surface area contributed by atoms with E-state index in [9.17, 15) is 9.90 Å². The number of anilines is 1. The van der Waals surface area contributed by atoms with Gasteiger partial charge in [0, 0.05) is 43.9 Å². The van der Waals surface area contributed by atoms with Gasteiger partial charge in [-0.3, -0.25) is 14.6 Å². The summed E-state index contributed by atoms with van der Waals surface area (Å²) in [5.41, 5.74) is 4.31. The molecule has 0 saturated carbocycles. The van der Waals surface area contributed by atoms with Crippen molar-refractivity contribution in [1.82, 2.24) is 4.90 Å². The molecule has 0 radical (unpaired) electrons. The minimum atomic E-state index is -0.354. The maximum atomic E-state index is 12.9. The number of carbonyl (C=O) groups excluding carboxylic acids is 1. The van der Waals surface area contributed by atoms with Crippen LogP contribution in [-0.4, -0.2) is 48.4 Å². The van der Waals surface area contributed by atoms with Crippen LogP contribution in [0.5, 0.6) is 11.5 Å². The van der Waals surface area contributed by atoms with Crippen molar-refractivity contribution in [2.24, 2.45) is 5.92 Å². The van der Waals surface area contributed by atoms with Gasteiger partial charge in [0.2, 0.25) is 5.91 Å². The van der Waals surface area contributed by atoms with E-state index in [0.717, 1.165) is 42.8 Å². The van der Waals surface area contributed by atoms with Crippen LogP contribution >= 0.6 is 0 Å². The Bertz CT molecular complexity index is 979. The molecule has 3 heterocycles. The maximum absolute atomic E-state index is 12.9. The number of amides is 1. The minimum absolute atomic E-state index is 0.00931. The summed E-state index contributed by atoms with van der Waals surface area (Å²) in [7, 11) is 1.52. The van der Waals surface area contributed by atoms with Gasteiger partial charge >= 0.3 is 0 Å². The molecule has 3 aliphatic heterocycles. The summed E-state index contributed by atoms with van der Waals surface area (Å²) >= 11 is 0. The van der Waals surface area contributed by atoms with Crippen LogP contribution in [0.3, 0.4) is 0 Å². The Balaban J connectivity index is 1.89. The van der Waals surface area contributed by atoms with Crippen molar-refractivity contribution in [3.8, 4) is 11.5 Å². The third-order valence-electron chi connectivity index (χ3n) is 7.27. The molecule has 0 aromatic heterocycles. The highest BCUT2D eigenvalue weighted by atomic mass is 16.5. The van der Waals surface area contributed by atoms with Crippen molar-refractivity contribution in [1.29, 1.82) is 5.41 Å². The largest absolute Gasteiger partial charge is 0.503 e. The molecule has 2 fully saturated rings. The van der Waals surface area contributed by atoms with Crippen molar-refractivity contribution in [2.45, 2.75) is 38.1 Å². The Morgan fingerprint density at radius 2 is 2.21 bits per heavy atom. The van der Waals surface area contributed by atoms with Crippen molar-refractivity contribution >= 4 is 17.8 Å². The fourth-order valence-electron chi connectivity index (χ4n) is 6.21. The molecular weight excluding hydrogens is 354 g/mol. The quantitative estimate of drug-likeness (QED) is 0.612. The summed E-state index contributed by atoms with van der Waals surface area (Å²) in [5.74, 6) is 0.390. The number of fused-ring (bicyclic) bond motifs is 2. The zero-order valence-electron chi connectivity index (χ0n) is 16.5. The van der Waals surface area contributed by atoms with Gasteiger partial charge in [0.05, 0.1) is 18.2 Å². The predicted octanol–water partition coefficient (Wildman–Crippen LogP) is 2.96. The molecule has 1 aliphatic carbocycles. The zero-order valence-corrected chi connectivity index (χ0v) is 16.5. The number of carbonyl (C=O) groups is 1. The van der Waals surface area contributed by atoms with Crippen molar-refractivity contribution in [3.05, 3.63) is 40.6 Å². The first-order valence-electron chi connectivity index (χ1n) is 9.85. The van der Waals surface area contributed by atoms with E-state index >= 15 is 0 Å². The number of benzene rings is 1. The number of allylic oxidation sites excluding steroid dienone is 2. The summed E-state index contributed by atoms with van der Waals surface area (Å²) in [6.45, 7) is 5.45. The lowest BCUT2D eigenvalue weighted by atomic mass is 9.62. The molecule has 146 valence electrons. The van der Waals surface area contributed by atoms with Crippen molar-refractivity contribution in [3.63, 3.8) is 0 Å². The molecule has 2 N–H and O–H groups in total. The van der Waals surface area contributed by atoms with Gasteiger partial charge in [-0.2, -0.15) is 0 Å². The Labute approximate surface area is 164 Å². The lowest BCUT2D eigenvalue weighted by molar-refractivity contribution is -0.116. The summed E-state index contributed by atoms with van der Waals surface area (Å²) in [4.78, 5) is 17.0. The highest BCUT2D eigenvalue weighted by Gasteiger charge is 2.64. The number of ether oxygens (including phenoxy) is 1. The molecular formula is C22H25N3O3. The smallest absolute Gasteiger partial charge is 0.228 e. The average molecular weight is 379 g/mol. The van der Waals surface area contributed by atoms with Gasteiger partial charge < -0.3 is 15.3 Å². The van der Waals surface area contributed by atoms with Crippen LogP contribution in [0.1, 0.15) is 32.3 Å². The Morgan fingerprint density at radius 3 is 2.86 bits per heavy atom. The molecule has 1 aromatic carbocycles. The average Bonchev–Trinajstić information content (AvgIpc) is 3.23. The Hall–Kier alpha value is -2.60. The number of phenols is 1. The summed E-state index contributed by atoms with van der Waals surface area (Å²) < 4.78 is 5.33. The van der Waals surface area contributed by atoms with Crippen molar-refractivity contribution < 1.29 is 14.6 Å². The number of hydrogen-bond acceptors (Lipinski definition) is 5. The molecule has 6 heteroatoms. The van der Waals surface area contributed by atoms with Gasteiger partial charge in [-0.1, -0.05) is 17.7 Å². The lowest BCUT2D eigenvalue weighted by Crippen LogP contribution is -2.54. The molecule has 6 nitrogen and oxygen atoms in total. The standard InChI is InChI=1S/C22H25N3O3/c1-4-13-11-24-8-7-22-16-5-6-17(28-3)20(27)19(16)25(12(2)26)21(22)15(10-23)14(13)9-18(22)24/h4-6,10,14,18,23,27H,7-9,11H2,1-3H3/b13-4-,23-10?/t14-,18-,22?/m0/s1. The van der Waals surface area contributed by atoms with Crippen molar-refractivity contribution in [2.75, 3.05) is 25.1 Å². The lowest BCUT2D eigenvalue weighted by Gasteiger charge is -2.49. The third kappa shape index (κ3) is 1.82. The summed E-state index contributed by atoms with van der Waals surface area (Å²) in [6, 6.07) is 4.08. The van der Waals surface area contributed by atoms with Crippen LogP contribution in [0.2, 0.25) is 0 Å². The van der Waals surface area contributed by atoms with Gasteiger partial charge in [0.15, 0.2) is 11.5 Å². The van der Waals surface area contributed by atoms with Crippen LogP contribution in [0.15, 0.2) is 35.1 Å². The van der Waals surface area contributed by atoms with Crippen LogP contribution in [0, 0.1) is 11.3 Å². The van der Waals surface area contributed by atoms with Gasteiger partial charge in [0.25, 0.3) is 0 Å². The van der Waals surface area contributed by atoms with E-state index in [1.165, 1.54) is 25.8 Å². The number of aromatic hydroxyl groups is 1. The molecule has 4 aliphatic rings. The fraction of sp³-hybridized carbons (Fsp3) is 0.455. The van der Waals surface area contributed by atoms with E-state index in [4.69, 9.17) is 10.1 Å². The second-order valence-electron chi connectivity index (χ2n) is 8.17. The number of methoxy groups -OCH3 is 1. The number of nitrogens with zero attached hydrogens (tertiary/aromatic N) is 2. The van der Waals surface area contributed by atoms with E-state index in [0.29, 0.717) is 11.4 Å². The highest BCUT2D eigenvalue weighted by Crippen LogP contribution is 2.65. The summed E-state index contributed by atoms with van der Waals surface area (Å²) in [5, 5.41) is 19.2. The van der Waals surface area contributed by atoms with Gasteiger partial charge in [-0.05, 0) is 37.0 Å². The van der Waals surface area contributed by atoms with Gasteiger partial charge in [-0.15, -0.1) is 0 Å². The summed E-state index contributed by atoms with van der Waals surface area (Å²) in [6.07, 6.45) is 5.44. The molecule has 1 amide bonds. The zero-order chi connectivity index (χ0) is 19.8. The first kappa shape index (κ1) is 17.5. The number of nitrogens with one attached hydrogen (secondary N) is 1. The fourth-order valence-corrected chi connectivity index (χ4v) is 6.21. The predicted molar refractivity (Wildman–Crippen MR) is 107 cm³/mol. The molecule has 28 heavy (non-hydrogen) atoms. The SMILES string of the molecule is C/C=C1/CN2CCC34C(=C(C=N)[C@H]1C[C@H]23)N(C(C)=O)c1c4ccc(OC)c1O. The van der Waals surface area contributed by atoms with Gasteiger partial charge in [0.1, 0.15) is 0 Å². The Morgan fingerprint density at radius 1 is 1.43 bits per heavy atom. The van der Waals surface area contributed by atoms with E-state index in [-0.39, 0.29) is 29.0 Å². The molecule has 1 aromatic rings. The Kier molecular flexibility index (Phi) is 3.56. The number of phenolic OH excluding ortho intramolecular Hbond substituents is 1. The third-order valence-corrected chi connectivity index (χ3v) is 7.27. The normalized spacial score (nSPS) is 31.8. The minimum Gasteiger partial charge on any atom is -0.503 e. The molecule has 2 bridgehead atoms. The molecule has 1 unspecified atom stereocenters. The second kappa shape index (κ2) is 5.70. The van der Waals surface area contributed by atoms with Crippen LogP contribution in [0.25, 0.3) is 0 Å². The monoisotopic (exact) mass is 379 g/mol. The van der Waals surface area contributed by atoms with Crippen LogP contribution < -0.4 is 9.64 Å². The van der Waals surface area contributed by atoms with E-state index in [2.05, 4.69) is 17.9 Å². The highest BCUT2D eigenvalue weighted by molar-refractivity contribution is 6.04. The maximum Gasteiger partial charge on any atom is 0.228 e. The first-order chi connectivity index (χ1) is 13.5. The number of piperidine rings is 1. The van der Waals surface area contributed by atoms with Crippen LogP contribution in [0.4, 0.5) is 5.69 Å². The van der Waals surface area contributed by atoms with Gasteiger partial charge in [-0.25, -0.2) is 0 Å². The molecule has 1 spiro atoms. The van der Waals surface area contributed by atoms with E-state index in [1.807, 2.05) is 6.07 Å².